The predicted molar refractivity (Wildman–Crippen MR) is 78.5 cm³/mol. The molecule has 2 aromatic rings. The molecular formula is C17H18N2. The van der Waals surface area contributed by atoms with Crippen molar-refractivity contribution in [2.75, 3.05) is 6.54 Å². The third-order valence-corrected chi connectivity index (χ3v) is 3.08. The maximum absolute atomic E-state index is 9.18. The quantitative estimate of drug-likeness (QED) is 0.873. The van der Waals surface area contributed by atoms with Crippen LogP contribution in [0.15, 0.2) is 54.6 Å². The molecule has 0 aliphatic rings. The fourth-order valence-electron chi connectivity index (χ4n) is 2.03. The van der Waals surface area contributed by atoms with E-state index >= 15 is 0 Å². The molecule has 0 fully saturated rings. The minimum absolute atomic E-state index is 0.218. The molecule has 0 radical (unpaired) electrons. The standard InChI is InChI=1S/C17H18N2/c1-2-12-19-17(13-18)16-10-8-15(9-11-16)14-6-4-3-5-7-14/h3-11,17,19H,2,12H2,1H3. The van der Waals surface area contributed by atoms with Gasteiger partial charge in [0.25, 0.3) is 0 Å². The lowest BCUT2D eigenvalue weighted by atomic mass is 10.0. The number of hydrogen-bond donors (Lipinski definition) is 1. The highest BCUT2D eigenvalue weighted by Crippen LogP contribution is 2.21. The zero-order chi connectivity index (χ0) is 13.5. The molecule has 2 aromatic carbocycles. The first-order chi connectivity index (χ1) is 9.35. The molecule has 1 unspecified atom stereocenters. The van der Waals surface area contributed by atoms with E-state index < -0.39 is 0 Å². The van der Waals surface area contributed by atoms with E-state index in [1.165, 1.54) is 11.1 Å². The summed E-state index contributed by atoms with van der Waals surface area (Å²) in [6.45, 7) is 2.96. The molecule has 19 heavy (non-hydrogen) atoms. The van der Waals surface area contributed by atoms with Crippen LogP contribution in [0.1, 0.15) is 24.9 Å². The van der Waals surface area contributed by atoms with Gasteiger partial charge in [0.1, 0.15) is 6.04 Å². The Kier molecular flexibility index (Phi) is 4.72. The summed E-state index contributed by atoms with van der Waals surface area (Å²) >= 11 is 0. The van der Waals surface area contributed by atoms with Gasteiger partial charge in [0.05, 0.1) is 6.07 Å². The molecule has 0 aromatic heterocycles. The zero-order valence-corrected chi connectivity index (χ0v) is 11.1. The molecule has 0 amide bonds. The molecule has 2 heteroatoms. The second kappa shape index (κ2) is 6.72. The first-order valence-corrected chi connectivity index (χ1v) is 6.63. The minimum atomic E-state index is -0.218. The average Bonchev–Trinajstić information content (AvgIpc) is 2.49. The molecule has 0 bridgehead atoms. The summed E-state index contributed by atoms with van der Waals surface area (Å²) in [5, 5.41) is 12.4. The van der Waals surface area contributed by atoms with Gasteiger partial charge in [0.15, 0.2) is 0 Å². The largest absolute Gasteiger partial charge is 0.298 e. The summed E-state index contributed by atoms with van der Waals surface area (Å²) in [6.07, 6.45) is 1.03. The summed E-state index contributed by atoms with van der Waals surface area (Å²) in [5.41, 5.74) is 3.40. The van der Waals surface area contributed by atoms with Crippen LogP contribution >= 0.6 is 0 Å². The van der Waals surface area contributed by atoms with Crippen molar-refractivity contribution in [3.8, 4) is 17.2 Å². The highest BCUT2D eigenvalue weighted by atomic mass is 14.9. The van der Waals surface area contributed by atoms with E-state index in [2.05, 4.69) is 42.6 Å². The molecule has 1 atom stereocenters. The summed E-state index contributed by atoms with van der Waals surface area (Å²) < 4.78 is 0. The minimum Gasteiger partial charge on any atom is -0.298 e. The van der Waals surface area contributed by atoms with Gasteiger partial charge in [-0.15, -0.1) is 0 Å². The maximum Gasteiger partial charge on any atom is 0.121 e. The van der Waals surface area contributed by atoms with E-state index in [0.29, 0.717) is 0 Å². The van der Waals surface area contributed by atoms with Crippen molar-refractivity contribution >= 4 is 0 Å². The number of nitrogens with one attached hydrogen (secondary N) is 1. The van der Waals surface area contributed by atoms with Crippen LogP contribution in [0.4, 0.5) is 0 Å². The van der Waals surface area contributed by atoms with Crippen LogP contribution in [-0.4, -0.2) is 6.54 Å². The molecule has 96 valence electrons. The lowest BCUT2D eigenvalue weighted by Gasteiger charge is -2.11. The fraction of sp³-hybridized carbons (Fsp3) is 0.235. The van der Waals surface area contributed by atoms with Gasteiger partial charge in [-0.05, 0) is 29.7 Å². The molecule has 0 saturated heterocycles. The van der Waals surface area contributed by atoms with Gasteiger partial charge in [-0.1, -0.05) is 61.5 Å². The Hall–Kier alpha value is -2.11. The van der Waals surface area contributed by atoms with Crippen LogP contribution < -0.4 is 5.32 Å². The van der Waals surface area contributed by atoms with Gasteiger partial charge in [-0.3, -0.25) is 5.32 Å². The molecule has 2 rings (SSSR count). The van der Waals surface area contributed by atoms with E-state index in [-0.39, 0.29) is 6.04 Å². The first kappa shape index (κ1) is 13.3. The van der Waals surface area contributed by atoms with Crippen molar-refractivity contribution in [3.63, 3.8) is 0 Å². The topological polar surface area (TPSA) is 35.8 Å². The maximum atomic E-state index is 9.18. The lowest BCUT2D eigenvalue weighted by Crippen LogP contribution is -2.20. The highest BCUT2D eigenvalue weighted by Gasteiger charge is 2.08. The highest BCUT2D eigenvalue weighted by molar-refractivity contribution is 5.63. The molecule has 1 N–H and O–H groups in total. The van der Waals surface area contributed by atoms with Gasteiger partial charge in [0, 0.05) is 0 Å². The van der Waals surface area contributed by atoms with Crippen LogP contribution in [0.5, 0.6) is 0 Å². The third-order valence-electron chi connectivity index (χ3n) is 3.08. The second-order valence-electron chi connectivity index (χ2n) is 4.50. The van der Waals surface area contributed by atoms with E-state index in [1.54, 1.807) is 0 Å². The van der Waals surface area contributed by atoms with Crippen molar-refractivity contribution in [3.05, 3.63) is 60.2 Å². The van der Waals surface area contributed by atoms with Gasteiger partial charge >= 0.3 is 0 Å². The molecule has 0 saturated carbocycles. The predicted octanol–water partition coefficient (Wildman–Crippen LogP) is 3.92. The molecule has 0 aliphatic heterocycles. The van der Waals surface area contributed by atoms with Gasteiger partial charge in [0.2, 0.25) is 0 Å². The van der Waals surface area contributed by atoms with Gasteiger partial charge < -0.3 is 0 Å². The zero-order valence-electron chi connectivity index (χ0n) is 11.1. The lowest BCUT2D eigenvalue weighted by molar-refractivity contribution is 0.621. The Balaban J connectivity index is 2.16. The fourth-order valence-corrected chi connectivity index (χ4v) is 2.03. The number of hydrogen-bond acceptors (Lipinski definition) is 2. The van der Waals surface area contributed by atoms with Crippen molar-refractivity contribution < 1.29 is 0 Å². The van der Waals surface area contributed by atoms with E-state index in [9.17, 15) is 5.26 Å². The average molecular weight is 250 g/mol. The summed E-state index contributed by atoms with van der Waals surface area (Å²) in [4.78, 5) is 0. The summed E-state index contributed by atoms with van der Waals surface area (Å²) in [7, 11) is 0. The summed E-state index contributed by atoms with van der Waals surface area (Å²) in [5.74, 6) is 0. The molecule has 2 nitrogen and oxygen atoms in total. The Morgan fingerprint density at radius 2 is 1.63 bits per heavy atom. The Labute approximate surface area is 114 Å². The Morgan fingerprint density at radius 3 is 2.21 bits per heavy atom. The molecule has 0 spiro atoms. The van der Waals surface area contributed by atoms with Crippen LogP contribution in [-0.2, 0) is 0 Å². The monoisotopic (exact) mass is 250 g/mol. The molecule has 0 aliphatic carbocycles. The number of rotatable bonds is 5. The van der Waals surface area contributed by atoms with E-state index in [4.69, 9.17) is 0 Å². The molecule has 0 heterocycles. The van der Waals surface area contributed by atoms with Gasteiger partial charge in [-0.25, -0.2) is 0 Å². The van der Waals surface area contributed by atoms with Crippen molar-refractivity contribution in [1.29, 1.82) is 5.26 Å². The number of nitriles is 1. The van der Waals surface area contributed by atoms with Gasteiger partial charge in [-0.2, -0.15) is 5.26 Å². The van der Waals surface area contributed by atoms with Crippen LogP contribution in [0.25, 0.3) is 11.1 Å². The van der Waals surface area contributed by atoms with Crippen molar-refractivity contribution in [2.24, 2.45) is 0 Å². The Bertz CT molecular complexity index is 538. The van der Waals surface area contributed by atoms with Crippen molar-refractivity contribution in [1.82, 2.24) is 5.32 Å². The SMILES string of the molecule is CCCNC(C#N)c1ccc(-c2ccccc2)cc1. The smallest absolute Gasteiger partial charge is 0.121 e. The van der Waals surface area contributed by atoms with Crippen LogP contribution in [0.2, 0.25) is 0 Å². The van der Waals surface area contributed by atoms with Crippen molar-refractivity contribution in [2.45, 2.75) is 19.4 Å². The Morgan fingerprint density at radius 1 is 1.00 bits per heavy atom. The van der Waals surface area contributed by atoms with Crippen LogP contribution in [0, 0.1) is 11.3 Å². The summed E-state index contributed by atoms with van der Waals surface area (Å²) in [6, 6.07) is 20.5. The van der Waals surface area contributed by atoms with E-state index in [0.717, 1.165) is 18.5 Å². The van der Waals surface area contributed by atoms with Crippen LogP contribution in [0.3, 0.4) is 0 Å². The number of benzene rings is 2. The van der Waals surface area contributed by atoms with E-state index in [1.807, 2.05) is 30.3 Å². The second-order valence-corrected chi connectivity index (χ2v) is 4.50. The molecular weight excluding hydrogens is 232 g/mol. The normalized spacial score (nSPS) is 11.8. The number of nitrogens with zero attached hydrogens (tertiary/aromatic N) is 1. The first-order valence-electron chi connectivity index (χ1n) is 6.63. The third kappa shape index (κ3) is 3.43.